The lowest BCUT2D eigenvalue weighted by molar-refractivity contribution is -0.120. The number of hydrogen-bond acceptors (Lipinski definition) is 5. The number of carbonyl (C=O) groups excluding carboxylic acids is 1. The molecule has 0 aliphatic heterocycles. The first-order valence-corrected chi connectivity index (χ1v) is 10.8. The number of allylic oxidation sites excluding steroid dienone is 1. The van der Waals surface area contributed by atoms with Crippen molar-refractivity contribution < 1.29 is 17.9 Å². The number of ether oxygens (including phenoxy) is 1. The summed E-state index contributed by atoms with van der Waals surface area (Å²) in [6.07, 6.45) is 2.86. The smallest absolute Gasteiger partial charge is 0.286 e. The number of para-hydroxylation sites is 1. The standard InChI is InChI=1S/C19H18N2O4S2/c1-3-11-21-16-10-9-15(27(2,23)24)12-17(16)26-19(21)20-18(22)13-25-14-7-5-4-6-8-14/h3-10,12H,1,11,13H2,2H3. The maximum absolute atomic E-state index is 12.2. The molecular weight excluding hydrogens is 384 g/mol. The maximum atomic E-state index is 12.2. The molecule has 140 valence electrons. The van der Waals surface area contributed by atoms with Gasteiger partial charge in [0.2, 0.25) is 0 Å². The van der Waals surface area contributed by atoms with Crippen molar-refractivity contribution in [1.82, 2.24) is 4.57 Å². The van der Waals surface area contributed by atoms with Gasteiger partial charge in [0.05, 0.1) is 15.1 Å². The summed E-state index contributed by atoms with van der Waals surface area (Å²) in [6, 6.07) is 13.9. The van der Waals surface area contributed by atoms with Crippen LogP contribution in [0.1, 0.15) is 0 Å². The van der Waals surface area contributed by atoms with Crippen LogP contribution in [0.4, 0.5) is 0 Å². The monoisotopic (exact) mass is 402 g/mol. The zero-order valence-electron chi connectivity index (χ0n) is 14.7. The molecule has 3 rings (SSSR count). The van der Waals surface area contributed by atoms with E-state index in [1.807, 2.05) is 22.8 Å². The Morgan fingerprint density at radius 1 is 1.26 bits per heavy atom. The maximum Gasteiger partial charge on any atom is 0.286 e. The normalized spacial score (nSPS) is 12.3. The highest BCUT2D eigenvalue weighted by atomic mass is 32.2. The predicted octanol–water partition coefficient (Wildman–Crippen LogP) is 2.80. The minimum atomic E-state index is -3.31. The summed E-state index contributed by atoms with van der Waals surface area (Å²) in [5.41, 5.74) is 0.794. The van der Waals surface area contributed by atoms with Gasteiger partial charge in [-0.3, -0.25) is 4.79 Å². The van der Waals surface area contributed by atoms with Crippen molar-refractivity contribution in [1.29, 1.82) is 0 Å². The minimum Gasteiger partial charge on any atom is -0.484 e. The fourth-order valence-corrected chi connectivity index (χ4v) is 4.29. The third-order valence-corrected chi connectivity index (χ3v) is 5.87. The molecule has 6 nitrogen and oxygen atoms in total. The van der Waals surface area contributed by atoms with E-state index < -0.39 is 15.7 Å². The largest absolute Gasteiger partial charge is 0.484 e. The van der Waals surface area contributed by atoms with Crippen molar-refractivity contribution in [3.8, 4) is 5.75 Å². The number of rotatable bonds is 6. The Hall–Kier alpha value is -2.71. The number of thiazole rings is 1. The number of fused-ring (bicyclic) bond motifs is 1. The van der Waals surface area contributed by atoms with Gasteiger partial charge < -0.3 is 9.30 Å². The van der Waals surface area contributed by atoms with E-state index in [0.717, 1.165) is 16.5 Å². The zero-order chi connectivity index (χ0) is 19.4. The lowest BCUT2D eigenvalue weighted by atomic mass is 10.3. The first kappa shape index (κ1) is 19.1. The van der Waals surface area contributed by atoms with Gasteiger partial charge >= 0.3 is 0 Å². The van der Waals surface area contributed by atoms with Crippen molar-refractivity contribution in [2.45, 2.75) is 11.4 Å². The average molecular weight is 402 g/mol. The van der Waals surface area contributed by atoms with Crippen LogP contribution in [0.15, 0.2) is 71.1 Å². The van der Waals surface area contributed by atoms with Crippen LogP contribution in [0.3, 0.4) is 0 Å². The Morgan fingerprint density at radius 2 is 2.00 bits per heavy atom. The lowest BCUT2D eigenvalue weighted by Gasteiger charge is -2.03. The lowest BCUT2D eigenvalue weighted by Crippen LogP contribution is -2.19. The Kier molecular flexibility index (Phi) is 5.57. The first-order valence-electron chi connectivity index (χ1n) is 8.08. The second-order valence-electron chi connectivity index (χ2n) is 5.79. The van der Waals surface area contributed by atoms with E-state index in [4.69, 9.17) is 4.74 Å². The molecule has 0 atom stereocenters. The molecule has 2 aromatic carbocycles. The summed E-state index contributed by atoms with van der Waals surface area (Å²) in [7, 11) is -3.31. The highest BCUT2D eigenvalue weighted by Gasteiger charge is 2.12. The van der Waals surface area contributed by atoms with Crippen LogP contribution in [-0.2, 0) is 21.2 Å². The molecule has 3 aromatic rings. The van der Waals surface area contributed by atoms with Crippen LogP contribution < -0.4 is 9.54 Å². The highest BCUT2D eigenvalue weighted by molar-refractivity contribution is 7.90. The Bertz CT molecular complexity index is 1160. The third kappa shape index (κ3) is 4.53. The van der Waals surface area contributed by atoms with E-state index in [-0.39, 0.29) is 11.5 Å². The molecule has 0 unspecified atom stereocenters. The van der Waals surface area contributed by atoms with Crippen LogP contribution in [0.25, 0.3) is 10.2 Å². The molecule has 1 aromatic heterocycles. The quantitative estimate of drug-likeness (QED) is 0.594. The fraction of sp³-hybridized carbons (Fsp3) is 0.158. The summed E-state index contributed by atoms with van der Waals surface area (Å²) in [5, 5.41) is 0. The van der Waals surface area contributed by atoms with Gasteiger partial charge in [0, 0.05) is 12.8 Å². The second-order valence-corrected chi connectivity index (χ2v) is 8.82. The van der Waals surface area contributed by atoms with Gasteiger partial charge in [-0.25, -0.2) is 8.42 Å². The molecule has 0 bridgehead atoms. The third-order valence-electron chi connectivity index (χ3n) is 3.72. The molecule has 1 amide bonds. The van der Waals surface area contributed by atoms with E-state index in [9.17, 15) is 13.2 Å². The van der Waals surface area contributed by atoms with E-state index in [2.05, 4.69) is 11.6 Å². The predicted molar refractivity (Wildman–Crippen MR) is 106 cm³/mol. The molecule has 0 saturated carbocycles. The summed E-state index contributed by atoms with van der Waals surface area (Å²) in [4.78, 5) is 17.1. The molecule has 0 fully saturated rings. The average Bonchev–Trinajstić information content (AvgIpc) is 2.97. The SMILES string of the molecule is C=CCn1c(=NC(=O)COc2ccccc2)sc2cc(S(C)(=O)=O)ccc21. The molecular formula is C19H18N2O4S2. The minimum absolute atomic E-state index is 0.180. The number of amides is 1. The van der Waals surface area contributed by atoms with Gasteiger partial charge in [-0.15, -0.1) is 6.58 Å². The molecule has 0 saturated heterocycles. The van der Waals surface area contributed by atoms with Crippen LogP contribution in [0.5, 0.6) is 5.75 Å². The van der Waals surface area contributed by atoms with E-state index in [1.165, 1.54) is 11.3 Å². The molecule has 0 N–H and O–H groups in total. The first-order chi connectivity index (χ1) is 12.9. The van der Waals surface area contributed by atoms with Crippen molar-refractivity contribution in [2.24, 2.45) is 4.99 Å². The number of aromatic nitrogens is 1. The van der Waals surface area contributed by atoms with Crippen molar-refractivity contribution in [3.63, 3.8) is 0 Å². The second kappa shape index (κ2) is 7.89. The molecule has 0 aliphatic rings. The number of sulfone groups is 1. The molecule has 0 radical (unpaired) electrons. The van der Waals surface area contributed by atoms with Crippen LogP contribution >= 0.6 is 11.3 Å². The Morgan fingerprint density at radius 3 is 2.67 bits per heavy atom. The van der Waals surface area contributed by atoms with E-state index in [0.29, 0.717) is 17.1 Å². The van der Waals surface area contributed by atoms with Gasteiger partial charge in [-0.1, -0.05) is 35.6 Å². The topological polar surface area (TPSA) is 77.7 Å². The number of nitrogens with zero attached hydrogens (tertiary/aromatic N) is 2. The number of hydrogen-bond donors (Lipinski definition) is 0. The van der Waals surface area contributed by atoms with E-state index in [1.54, 1.807) is 36.4 Å². The zero-order valence-corrected chi connectivity index (χ0v) is 16.3. The van der Waals surface area contributed by atoms with Crippen LogP contribution in [-0.4, -0.2) is 31.8 Å². The molecule has 8 heteroatoms. The summed E-state index contributed by atoms with van der Waals surface area (Å²) in [5.74, 6) is 0.167. The molecule has 0 aliphatic carbocycles. The van der Waals surface area contributed by atoms with E-state index >= 15 is 0 Å². The van der Waals surface area contributed by atoms with Crippen molar-refractivity contribution in [3.05, 3.63) is 66.0 Å². The van der Waals surface area contributed by atoms with Crippen LogP contribution in [0, 0.1) is 0 Å². The summed E-state index contributed by atoms with van der Waals surface area (Å²) >= 11 is 1.25. The van der Waals surface area contributed by atoms with Crippen molar-refractivity contribution in [2.75, 3.05) is 12.9 Å². The molecule has 27 heavy (non-hydrogen) atoms. The van der Waals surface area contributed by atoms with Gasteiger partial charge in [0.1, 0.15) is 5.75 Å². The van der Waals surface area contributed by atoms with Gasteiger partial charge in [0.15, 0.2) is 21.2 Å². The fourth-order valence-electron chi connectivity index (χ4n) is 2.48. The molecule has 0 spiro atoms. The Balaban J connectivity index is 1.96. The number of carbonyl (C=O) groups is 1. The molecule has 1 heterocycles. The van der Waals surface area contributed by atoms with Crippen LogP contribution in [0.2, 0.25) is 0 Å². The van der Waals surface area contributed by atoms with Gasteiger partial charge in [0.25, 0.3) is 5.91 Å². The van der Waals surface area contributed by atoms with Gasteiger partial charge in [-0.2, -0.15) is 4.99 Å². The summed E-state index contributed by atoms with van der Waals surface area (Å²) < 4.78 is 31.5. The van der Waals surface area contributed by atoms with Gasteiger partial charge in [-0.05, 0) is 30.3 Å². The Labute approximate surface area is 161 Å². The summed E-state index contributed by atoms with van der Waals surface area (Å²) in [6.45, 7) is 4.00. The highest BCUT2D eigenvalue weighted by Crippen LogP contribution is 2.22. The number of benzene rings is 2. The van der Waals surface area contributed by atoms with Crippen molar-refractivity contribution >= 4 is 37.3 Å².